The van der Waals surface area contributed by atoms with Gasteiger partial charge in [0, 0.05) is 0 Å². The molecule has 80 valence electrons. The number of hydrogen-bond acceptors (Lipinski definition) is 2. The number of carbonyl (C=O) groups is 1. The highest BCUT2D eigenvalue weighted by Gasteiger charge is 2.19. The summed E-state index contributed by atoms with van der Waals surface area (Å²) in [4.78, 5) is 11.6. The highest BCUT2D eigenvalue weighted by Crippen LogP contribution is 2.11. The molecule has 0 amide bonds. The third-order valence-electron chi connectivity index (χ3n) is 1.81. The fourth-order valence-electron chi connectivity index (χ4n) is 1.19. The van der Waals surface area contributed by atoms with Crippen molar-refractivity contribution < 1.29 is 13.9 Å². The van der Waals surface area contributed by atoms with Gasteiger partial charge >= 0.3 is 5.97 Å². The van der Waals surface area contributed by atoms with E-state index in [0.717, 1.165) is 0 Å². The number of hydrogen-bond donors (Lipinski definition) is 0. The van der Waals surface area contributed by atoms with E-state index < -0.39 is 11.6 Å². The van der Waals surface area contributed by atoms with Gasteiger partial charge in [-0.05, 0) is 39.0 Å². The molecule has 0 fully saturated rings. The summed E-state index contributed by atoms with van der Waals surface area (Å²) >= 11 is 0. The summed E-state index contributed by atoms with van der Waals surface area (Å²) in [6, 6.07) is 4.02. The average Bonchev–Trinajstić information content (AvgIpc) is 1.99. The van der Waals surface area contributed by atoms with Crippen molar-refractivity contribution in [2.24, 2.45) is 0 Å². The molecule has 0 radical (unpaired) electrons. The van der Waals surface area contributed by atoms with Crippen molar-refractivity contribution in [3.05, 3.63) is 29.6 Å². The van der Waals surface area contributed by atoms with Gasteiger partial charge in [0.05, 0.1) is 5.56 Å². The Bertz CT molecular complexity index is 383. The lowest BCUT2D eigenvalue weighted by atomic mass is 9.90. The third-order valence-corrected chi connectivity index (χ3v) is 1.81. The minimum absolute atomic E-state index is 0.347. The molecular formula is C11H14BFO2. The monoisotopic (exact) mass is 208 g/mol. The van der Waals surface area contributed by atoms with E-state index in [1.807, 2.05) is 0 Å². The van der Waals surface area contributed by atoms with Gasteiger partial charge in [0.15, 0.2) is 0 Å². The number of benzene rings is 1. The molecule has 4 heteroatoms. The summed E-state index contributed by atoms with van der Waals surface area (Å²) in [5, 5.41) is 0. The van der Waals surface area contributed by atoms with Crippen LogP contribution in [0, 0.1) is 5.82 Å². The van der Waals surface area contributed by atoms with Crippen LogP contribution in [0.25, 0.3) is 0 Å². The first kappa shape index (κ1) is 11.8. The Labute approximate surface area is 89.8 Å². The van der Waals surface area contributed by atoms with Gasteiger partial charge in [0.25, 0.3) is 0 Å². The van der Waals surface area contributed by atoms with Crippen molar-refractivity contribution in [2.75, 3.05) is 0 Å². The van der Waals surface area contributed by atoms with Gasteiger partial charge < -0.3 is 4.74 Å². The zero-order valence-electron chi connectivity index (χ0n) is 9.43. The first-order valence-electron chi connectivity index (χ1n) is 4.79. The van der Waals surface area contributed by atoms with Gasteiger partial charge in [-0.15, -0.1) is 0 Å². The molecule has 2 nitrogen and oxygen atoms in total. The van der Waals surface area contributed by atoms with Gasteiger partial charge in [-0.1, -0.05) is 5.46 Å². The van der Waals surface area contributed by atoms with E-state index in [4.69, 9.17) is 4.74 Å². The van der Waals surface area contributed by atoms with Crippen LogP contribution in [-0.2, 0) is 4.74 Å². The van der Waals surface area contributed by atoms with E-state index in [2.05, 4.69) is 0 Å². The lowest BCUT2D eigenvalue weighted by Gasteiger charge is -2.20. The van der Waals surface area contributed by atoms with Crippen molar-refractivity contribution in [1.82, 2.24) is 0 Å². The number of carbonyl (C=O) groups excluding carboxylic acids is 1. The van der Waals surface area contributed by atoms with Crippen molar-refractivity contribution in [1.29, 1.82) is 0 Å². The quantitative estimate of drug-likeness (QED) is 0.509. The molecule has 0 spiro atoms. The normalized spacial score (nSPS) is 11.2. The highest BCUT2D eigenvalue weighted by molar-refractivity contribution is 6.36. The number of esters is 1. The van der Waals surface area contributed by atoms with Crippen LogP contribution in [0.5, 0.6) is 0 Å². The van der Waals surface area contributed by atoms with Crippen LogP contribution in [0.3, 0.4) is 0 Å². The molecule has 0 saturated heterocycles. The van der Waals surface area contributed by atoms with Crippen molar-refractivity contribution >= 4 is 19.3 Å². The Kier molecular flexibility index (Phi) is 3.17. The van der Waals surface area contributed by atoms with Crippen LogP contribution < -0.4 is 5.46 Å². The van der Waals surface area contributed by atoms with E-state index in [1.165, 1.54) is 18.2 Å². The van der Waals surface area contributed by atoms with E-state index in [0.29, 0.717) is 11.0 Å². The zero-order chi connectivity index (χ0) is 11.6. The zero-order valence-corrected chi connectivity index (χ0v) is 9.43. The molecule has 15 heavy (non-hydrogen) atoms. The second kappa shape index (κ2) is 4.05. The maximum Gasteiger partial charge on any atom is 0.338 e. The highest BCUT2D eigenvalue weighted by atomic mass is 19.1. The van der Waals surface area contributed by atoms with E-state index in [9.17, 15) is 9.18 Å². The SMILES string of the molecule is Bc1cc(F)ccc1C(=O)OC(C)(C)C. The van der Waals surface area contributed by atoms with Crippen molar-refractivity contribution in [2.45, 2.75) is 26.4 Å². The predicted octanol–water partition coefficient (Wildman–Crippen LogP) is 1.04. The summed E-state index contributed by atoms with van der Waals surface area (Å²) in [6.45, 7) is 5.39. The van der Waals surface area contributed by atoms with Gasteiger partial charge in [-0.3, -0.25) is 0 Å². The molecule has 1 aromatic rings. The van der Waals surface area contributed by atoms with Crippen molar-refractivity contribution in [3.63, 3.8) is 0 Å². The van der Waals surface area contributed by atoms with Crippen LogP contribution in [0.4, 0.5) is 4.39 Å². The number of rotatable bonds is 1. The second-order valence-electron chi connectivity index (χ2n) is 4.46. The van der Waals surface area contributed by atoms with Gasteiger partial charge in [-0.25, -0.2) is 9.18 Å². The van der Waals surface area contributed by atoms with E-state index in [-0.39, 0.29) is 5.82 Å². The number of halogens is 1. The minimum atomic E-state index is -0.530. The maximum atomic E-state index is 12.8. The summed E-state index contributed by atoms with van der Waals surface area (Å²) in [7, 11) is 1.68. The largest absolute Gasteiger partial charge is 0.456 e. The third kappa shape index (κ3) is 3.38. The Morgan fingerprint density at radius 3 is 2.47 bits per heavy atom. The predicted molar refractivity (Wildman–Crippen MR) is 59.7 cm³/mol. The molecule has 0 bridgehead atoms. The molecule has 0 aliphatic rings. The Morgan fingerprint density at radius 2 is 2.00 bits per heavy atom. The smallest absolute Gasteiger partial charge is 0.338 e. The summed E-state index contributed by atoms with van der Waals surface area (Å²) in [6.07, 6.45) is 0. The van der Waals surface area contributed by atoms with Gasteiger partial charge in [0.1, 0.15) is 19.3 Å². The molecule has 0 aliphatic carbocycles. The second-order valence-corrected chi connectivity index (χ2v) is 4.46. The molecule has 0 heterocycles. The molecule has 1 rings (SSSR count). The Morgan fingerprint density at radius 1 is 1.40 bits per heavy atom. The molecule has 0 aliphatic heterocycles. The first-order chi connectivity index (χ1) is 6.79. The van der Waals surface area contributed by atoms with Crippen LogP contribution in [0.15, 0.2) is 18.2 Å². The summed E-state index contributed by atoms with van der Waals surface area (Å²) in [5.74, 6) is -0.764. The standard InChI is InChI=1S/C11H14BFO2/c1-11(2,3)15-10(14)8-5-4-7(13)6-9(8)12/h4-6H,12H2,1-3H3. The molecule has 0 N–H and O–H groups in total. The fraction of sp³-hybridized carbons (Fsp3) is 0.364. The minimum Gasteiger partial charge on any atom is -0.456 e. The van der Waals surface area contributed by atoms with E-state index in [1.54, 1.807) is 28.6 Å². The van der Waals surface area contributed by atoms with Gasteiger partial charge in [-0.2, -0.15) is 0 Å². The molecule has 1 aromatic carbocycles. The van der Waals surface area contributed by atoms with Crippen LogP contribution in [0.1, 0.15) is 31.1 Å². The summed E-state index contributed by atoms with van der Waals surface area (Å²) in [5.41, 5.74) is 0.466. The average molecular weight is 208 g/mol. The van der Waals surface area contributed by atoms with Crippen LogP contribution in [0.2, 0.25) is 0 Å². The molecular weight excluding hydrogens is 194 g/mol. The topological polar surface area (TPSA) is 26.3 Å². The van der Waals surface area contributed by atoms with Gasteiger partial charge in [0.2, 0.25) is 0 Å². The molecule has 0 saturated carbocycles. The first-order valence-corrected chi connectivity index (χ1v) is 4.79. The molecule has 0 unspecified atom stereocenters. The molecule has 0 aromatic heterocycles. The van der Waals surface area contributed by atoms with Crippen molar-refractivity contribution in [3.8, 4) is 0 Å². The summed E-state index contributed by atoms with van der Waals surface area (Å²) < 4.78 is 18.0. The maximum absolute atomic E-state index is 12.8. The molecule has 0 atom stereocenters. The van der Waals surface area contributed by atoms with Crippen LogP contribution >= 0.6 is 0 Å². The van der Waals surface area contributed by atoms with E-state index >= 15 is 0 Å². The number of ether oxygens (including phenoxy) is 1. The Balaban J connectivity index is 2.92. The fourth-order valence-corrected chi connectivity index (χ4v) is 1.19. The Hall–Kier alpha value is -1.32. The lowest BCUT2D eigenvalue weighted by Crippen LogP contribution is -2.27. The van der Waals surface area contributed by atoms with Crippen LogP contribution in [-0.4, -0.2) is 19.4 Å². The lowest BCUT2D eigenvalue weighted by molar-refractivity contribution is 0.00711.